The summed E-state index contributed by atoms with van der Waals surface area (Å²) in [6.45, 7) is 15.4. The third kappa shape index (κ3) is 9.40. The highest BCUT2D eigenvalue weighted by molar-refractivity contribution is 6.74. The van der Waals surface area contributed by atoms with Crippen molar-refractivity contribution < 1.29 is 23.5 Å². The summed E-state index contributed by atoms with van der Waals surface area (Å²) in [5.41, 5.74) is 6.85. The van der Waals surface area contributed by atoms with Crippen LogP contribution in [0.3, 0.4) is 0 Å². The van der Waals surface area contributed by atoms with Gasteiger partial charge in [-0.3, -0.25) is 19.6 Å². The number of benzene rings is 4. The summed E-state index contributed by atoms with van der Waals surface area (Å²) in [6, 6.07) is 28.6. The fourth-order valence-corrected chi connectivity index (χ4v) is 9.82. The second kappa shape index (κ2) is 17.5. The molecule has 0 saturated carbocycles. The van der Waals surface area contributed by atoms with Crippen molar-refractivity contribution in [1.29, 1.82) is 0 Å². The molecule has 3 aliphatic heterocycles. The molecular weight excluding hydrogens is 787 g/mol. The van der Waals surface area contributed by atoms with Gasteiger partial charge in [-0.25, -0.2) is 9.59 Å². The molecule has 2 bridgehead atoms. The van der Waals surface area contributed by atoms with Gasteiger partial charge in [-0.2, -0.15) is 0 Å². The number of ether oxygens (including phenoxy) is 1. The molecule has 2 atom stereocenters. The fourth-order valence-electron chi connectivity index (χ4n) is 8.55. The number of pyridine rings is 1. The molecule has 61 heavy (non-hydrogen) atoms. The molecule has 13 heteroatoms. The average Bonchev–Trinajstić information content (AvgIpc) is 3.54. The number of hydrogen-bond acceptors (Lipinski definition) is 9. The number of nitrogens with zero attached hydrogens (tertiary/aromatic N) is 2. The normalized spacial score (nSPS) is 18.4. The molecule has 0 unspecified atom stereocenters. The Morgan fingerprint density at radius 2 is 1.74 bits per heavy atom. The van der Waals surface area contributed by atoms with Crippen LogP contribution in [0.25, 0.3) is 33.1 Å². The number of aromatic nitrogens is 2. The molecule has 1 amide bonds. The quantitative estimate of drug-likeness (QED) is 0.0789. The number of carbonyl (C=O) groups is 1. The number of rotatable bonds is 14. The summed E-state index contributed by atoms with van der Waals surface area (Å²) in [6.07, 6.45) is 2.59. The zero-order valence-electron chi connectivity index (χ0n) is 35.8. The van der Waals surface area contributed by atoms with Gasteiger partial charge in [0.25, 0.3) is 0 Å². The van der Waals surface area contributed by atoms with Crippen LogP contribution in [0.4, 0.5) is 10.5 Å². The maximum Gasteiger partial charge on any atom is 0.419 e. The Bertz CT molecular complexity index is 2640. The van der Waals surface area contributed by atoms with Crippen LogP contribution >= 0.6 is 0 Å². The Balaban J connectivity index is 0.957. The first-order valence-corrected chi connectivity index (χ1v) is 24.4. The van der Waals surface area contributed by atoms with Gasteiger partial charge < -0.3 is 29.0 Å². The number of nitrogens with one attached hydrogen (secondary N) is 3. The predicted octanol–water partition coefficient (Wildman–Crippen LogP) is 8.94. The number of hydrogen-bond donors (Lipinski definition) is 4. The highest BCUT2D eigenvalue weighted by Crippen LogP contribution is 2.41. The topological polar surface area (TPSA) is 151 Å². The lowest BCUT2D eigenvalue weighted by molar-refractivity contribution is -0.0289. The SMILES string of the molecule is CC(C)(C)[Si](C)(C)O[C@@H](CNCc1ccc2oc(=O)n(CCCc3ccc(-c4ccccc4)c(NC(=O)O[C@H]4CN5CCC4CC5)c3)c2c1)c1ccc(O)c2[nH]c(=O)ccc12. The molecule has 2 aromatic heterocycles. The van der Waals surface area contributed by atoms with E-state index in [2.05, 4.69) is 60.4 Å². The van der Waals surface area contributed by atoms with Gasteiger partial charge >= 0.3 is 11.8 Å². The Morgan fingerprint density at radius 3 is 2.48 bits per heavy atom. The van der Waals surface area contributed by atoms with E-state index < -0.39 is 20.2 Å². The van der Waals surface area contributed by atoms with Crippen LogP contribution in [-0.4, -0.2) is 66.3 Å². The van der Waals surface area contributed by atoms with E-state index >= 15 is 0 Å². The van der Waals surface area contributed by atoms with Crippen molar-refractivity contribution in [2.75, 3.05) is 31.5 Å². The van der Waals surface area contributed by atoms with E-state index in [0.29, 0.717) is 55.2 Å². The van der Waals surface area contributed by atoms with Crippen LogP contribution in [0.5, 0.6) is 5.75 Å². The minimum absolute atomic E-state index is 0.00863. The van der Waals surface area contributed by atoms with E-state index in [4.69, 9.17) is 13.6 Å². The number of phenolic OH excluding ortho intramolecular Hbond substituents is 1. The van der Waals surface area contributed by atoms with Crippen molar-refractivity contribution in [2.24, 2.45) is 5.92 Å². The summed E-state index contributed by atoms with van der Waals surface area (Å²) in [7, 11) is -2.26. The molecule has 9 rings (SSSR count). The number of anilines is 1. The maximum absolute atomic E-state index is 13.3. The molecule has 3 saturated heterocycles. The van der Waals surface area contributed by atoms with Gasteiger partial charge in [-0.05, 0) is 115 Å². The van der Waals surface area contributed by atoms with Crippen LogP contribution in [0.15, 0.2) is 105 Å². The fraction of sp³-hybridized carbons (Fsp3) is 0.396. The third-order valence-corrected chi connectivity index (χ3v) is 17.5. The molecule has 4 N–H and O–H groups in total. The molecule has 0 radical (unpaired) electrons. The smallest absolute Gasteiger partial charge is 0.419 e. The van der Waals surface area contributed by atoms with Crippen molar-refractivity contribution in [3.05, 3.63) is 129 Å². The van der Waals surface area contributed by atoms with Crippen molar-refractivity contribution in [2.45, 2.75) is 89.9 Å². The summed E-state index contributed by atoms with van der Waals surface area (Å²) >= 11 is 0. The Labute approximate surface area is 357 Å². The molecule has 3 aliphatic rings. The Kier molecular flexibility index (Phi) is 12.1. The lowest BCUT2D eigenvalue weighted by Gasteiger charge is -2.43. The lowest BCUT2D eigenvalue weighted by Crippen LogP contribution is -2.52. The lowest BCUT2D eigenvalue weighted by atomic mass is 9.86. The number of aromatic hydroxyl groups is 1. The van der Waals surface area contributed by atoms with E-state index in [9.17, 15) is 19.5 Å². The number of phenols is 1. The molecule has 3 fully saturated rings. The minimum atomic E-state index is -2.26. The van der Waals surface area contributed by atoms with E-state index in [1.54, 1.807) is 16.7 Å². The molecule has 5 heterocycles. The second-order valence-electron chi connectivity index (χ2n) is 18.2. The zero-order chi connectivity index (χ0) is 42.9. The van der Waals surface area contributed by atoms with E-state index in [0.717, 1.165) is 71.2 Å². The van der Waals surface area contributed by atoms with E-state index in [-0.39, 0.29) is 28.6 Å². The van der Waals surface area contributed by atoms with Crippen LogP contribution < -0.4 is 21.9 Å². The number of oxazole rings is 1. The third-order valence-electron chi connectivity index (χ3n) is 13.0. The van der Waals surface area contributed by atoms with Crippen molar-refractivity contribution in [3.63, 3.8) is 0 Å². The Morgan fingerprint density at radius 1 is 0.967 bits per heavy atom. The van der Waals surface area contributed by atoms with Crippen LogP contribution in [-0.2, 0) is 28.7 Å². The monoisotopic (exact) mass is 843 g/mol. The molecule has 320 valence electrons. The summed E-state index contributed by atoms with van der Waals surface area (Å²) in [4.78, 5) is 43.8. The number of carbonyl (C=O) groups excluding carboxylic acids is 1. The van der Waals surface area contributed by atoms with Gasteiger partial charge in [0.05, 0.1) is 22.8 Å². The molecular formula is C48H57N5O7Si. The van der Waals surface area contributed by atoms with Gasteiger partial charge in [0.15, 0.2) is 13.9 Å². The largest absolute Gasteiger partial charge is 0.506 e. The second-order valence-corrected chi connectivity index (χ2v) is 22.9. The first-order chi connectivity index (χ1) is 29.2. The average molecular weight is 844 g/mol. The van der Waals surface area contributed by atoms with Crippen LogP contribution in [0.1, 0.15) is 62.8 Å². The molecule has 0 spiro atoms. The number of amides is 1. The van der Waals surface area contributed by atoms with Crippen molar-refractivity contribution in [3.8, 4) is 16.9 Å². The Hall–Kier alpha value is -5.47. The van der Waals surface area contributed by atoms with Gasteiger partial charge in [0.2, 0.25) is 5.56 Å². The van der Waals surface area contributed by atoms with Crippen molar-refractivity contribution >= 4 is 42.1 Å². The van der Waals surface area contributed by atoms with Gasteiger partial charge in [0, 0.05) is 43.2 Å². The maximum atomic E-state index is 13.3. The zero-order valence-corrected chi connectivity index (χ0v) is 36.8. The highest BCUT2D eigenvalue weighted by Gasteiger charge is 2.40. The molecule has 0 aliphatic carbocycles. The van der Waals surface area contributed by atoms with E-state index in [1.165, 1.54) is 6.07 Å². The summed E-state index contributed by atoms with van der Waals surface area (Å²) < 4.78 is 20.3. The molecule has 4 aromatic carbocycles. The number of fused-ring (bicyclic) bond motifs is 5. The number of piperidine rings is 3. The minimum Gasteiger partial charge on any atom is -0.506 e. The predicted molar refractivity (Wildman–Crippen MR) is 243 cm³/mol. The van der Waals surface area contributed by atoms with Gasteiger partial charge in [-0.1, -0.05) is 75.4 Å². The number of aryl methyl sites for hydroxylation is 2. The first kappa shape index (κ1) is 42.2. The van der Waals surface area contributed by atoms with Gasteiger partial charge in [0.1, 0.15) is 11.9 Å². The van der Waals surface area contributed by atoms with Crippen LogP contribution in [0.2, 0.25) is 18.1 Å². The first-order valence-electron chi connectivity index (χ1n) is 21.5. The number of aromatic amines is 1. The van der Waals surface area contributed by atoms with Crippen molar-refractivity contribution in [1.82, 2.24) is 19.8 Å². The van der Waals surface area contributed by atoms with Gasteiger partial charge in [-0.15, -0.1) is 0 Å². The molecule has 12 nitrogen and oxygen atoms in total. The molecule has 6 aromatic rings. The summed E-state index contributed by atoms with van der Waals surface area (Å²) in [5, 5.41) is 17.9. The summed E-state index contributed by atoms with van der Waals surface area (Å²) in [5.74, 6) is 0.0176. The van der Waals surface area contributed by atoms with Crippen LogP contribution in [0, 0.1) is 5.92 Å². The number of H-pyrrole nitrogens is 1. The highest BCUT2D eigenvalue weighted by atomic mass is 28.4. The standard InChI is InChI=1S/C48H57N5O7Si/c1-48(2,3)61(4,5)60-42(36-16-18-40(54)45-37(36)17-20-44(55)51-45)29-49-28-32-14-19-41-39(27-32)53(47(57)59-41)23-9-10-31-13-15-35(33-11-7-6-8-12-33)38(26-31)50-46(56)58-43-30-52-24-21-34(43)22-25-52/h6-8,11-20,26-27,34,42-43,49,54H,9-10,21-25,28-30H2,1-5H3,(H,50,56)(H,51,55)/t42-,43-/m0/s1. The van der Waals surface area contributed by atoms with E-state index in [1.807, 2.05) is 66.7 Å².